The monoisotopic (exact) mass is 579 g/mol. The molecule has 9 heteroatoms. The number of carbonyl (C=O) groups is 2. The van der Waals surface area contributed by atoms with E-state index in [1.165, 1.54) is 4.90 Å². The Balaban J connectivity index is 2.09. The Hall–Kier alpha value is -3.85. The Labute approximate surface area is 244 Å². The third-order valence-corrected chi connectivity index (χ3v) is 8.71. The number of hydrogen-bond donors (Lipinski definition) is 1. The third-order valence-electron chi connectivity index (χ3n) is 6.93. The maximum Gasteiger partial charge on any atom is 0.264 e. The maximum atomic E-state index is 14.2. The van der Waals surface area contributed by atoms with Crippen molar-refractivity contribution >= 4 is 27.5 Å². The summed E-state index contributed by atoms with van der Waals surface area (Å²) in [6, 6.07) is 18.5. The fraction of sp³-hybridized carbons (Fsp3) is 0.375. The molecule has 0 heterocycles. The fourth-order valence-electron chi connectivity index (χ4n) is 4.69. The van der Waals surface area contributed by atoms with Crippen molar-refractivity contribution in [2.75, 3.05) is 24.5 Å². The summed E-state index contributed by atoms with van der Waals surface area (Å²) in [5, 5.41) is 2.90. The average Bonchev–Trinajstić information content (AvgIpc) is 2.95. The van der Waals surface area contributed by atoms with Crippen molar-refractivity contribution in [1.29, 1.82) is 0 Å². The molecule has 3 aromatic carbocycles. The van der Waals surface area contributed by atoms with Crippen LogP contribution in [-0.2, 0) is 26.2 Å². The highest BCUT2D eigenvalue weighted by atomic mass is 32.2. The second kappa shape index (κ2) is 14.2. The predicted molar refractivity (Wildman–Crippen MR) is 163 cm³/mol. The Morgan fingerprint density at radius 2 is 1.61 bits per heavy atom. The van der Waals surface area contributed by atoms with Crippen LogP contribution in [0, 0.1) is 20.8 Å². The number of rotatable bonds is 13. The predicted octanol–water partition coefficient (Wildman–Crippen LogP) is 5.15. The maximum absolute atomic E-state index is 14.2. The molecule has 0 aliphatic carbocycles. The van der Waals surface area contributed by atoms with E-state index in [2.05, 4.69) is 5.32 Å². The summed E-state index contributed by atoms with van der Waals surface area (Å²) in [5.74, 6) is -0.135. The van der Waals surface area contributed by atoms with Crippen LogP contribution in [0.25, 0.3) is 0 Å². The topological polar surface area (TPSA) is 96.0 Å². The van der Waals surface area contributed by atoms with Gasteiger partial charge < -0.3 is 15.0 Å². The van der Waals surface area contributed by atoms with Crippen molar-refractivity contribution < 1.29 is 22.7 Å². The zero-order valence-corrected chi connectivity index (χ0v) is 25.6. The Morgan fingerprint density at radius 3 is 2.22 bits per heavy atom. The van der Waals surface area contributed by atoms with Gasteiger partial charge in [-0.25, -0.2) is 8.42 Å². The van der Waals surface area contributed by atoms with Crippen molar-refractivity contribution in [3.8, 4) is 5.75 Å². The fourth-order valence-corrected chi connectivity index (χ4v) is 6.17. The minimum atomic E-state index is -4.12. The van der Waals surface area contributed by atoms with Crippen LogP contribution in [0.1, 0.15) is 48.9 Å². The van der Waals surface area contributed by atoms with Crippen molar-refractivity contribution in [3.63, 3.8) is 0 Å². The molecule has 2 amide bonds. The molecule has 0 radical (unpaired) electrons. The summed E-state index contributed by atoms with van der Waals surface area (Å²) in [7, 11) is -2.56. The quantitative estimate of drug-likeness (QED) is 0.302. The number of aryl methyl sites for hydroxylation is 3. The summed E-state index contributed by atoms with van der Waals surface area (Å²) in [6.07, 6.45) is 1.11. The Kier molecular flexibility index (Phi) is 10.9. The zero-order chi connectivity index (χ0) is 30.2. The van der Waals surface area contributed by atoms with E-state index < -0.39 is 28.5 Å². The van der Waals surface area contributed by atoms with Gasteiger partial charge in [-0.2, -0.15) is 0 Å². The van der Waals surface area contributed by atoms with Gasteiger partial charge in [-0.15, -0.1) is 0 Å². The van der Waals surface area contributed by atoms with Gasteiger partial charge in [0, 0.05) is 13.1 Å². The van der Waals surface area contributed by atoms with Gasteiger partial charge in [-0.05, 0) is 75.1 Å². The molecule has 0 fully saturated rings. The minimum absolute atomic E-state index is 0.0861. The lowest BCUT2D eigenvalue weighted by Crippen LogP contribution is -2.52. The minimum Gasteiger partial charge on any atom is -0.497 e. The molecule has 1 unspecified atom stereocenters. The summed E-state index contributed by atoms with van der Waals surface area (Å²) < 4.78 is 34.6. The lowest BCUT2D eigenvalue weighted by atomic mass is 10.1. The van der Waals surface area contributed by atoms with E-state index in [0.29, 0.717) is 24.4 Å². The molecular weight excluding hydrogens is 538 g/mol. The van der Waals surface area contributed by atoms with Crippen molar-refractivity contribution in [2.24, 2.45) is 0 Å². The van der Waals surface area contributed by atoms with Crippen LogP contribution >= 0.6 is 0 Å². The molecule has 0 spiro atoms. The largest absolute Gasteiger partial charge is 0.497 e. The van der Waals surface area contributed by atoms with Gasteiger partial charge in [0.2, 0.25) is 11.8 Å². The van der Waals surface area contributed by atoms with Crippen molar-refractivity contribution in [3.05, 3.63) is 89.0 Å². The SMILES string of the molecule is CCCNC(=O)C(CC)N(Cc1cccc(OC)c1)C(=O)CN(c1ccc(C)cc1C)S(=O)(=O)c1ccc(C)cc1. The first kappa shape index (κ1) is 31.7. The molecule has 0 aromatic heterocycles. The van der Waals surface area contributed by atoms with Crippen LogP contribution in [-0.4, -0.2) is 51.4 Å². The van der Waals surface area contributed by atoms with E-state index in [4.69, 9.17) is 4.74 Å². The highest BCUT2D eigenvalue weighted by molar-refractivity contribution is 7.92. The number of methoxy groups -OCH3 is 1. The van der Waals surface area contributed by atoms with Gasteiger partial charge in [-0.3, -0.25) is 13.9 Å². The van der Waals surface area contributed by atoms with E-state index >= 15 is 0 Å². The number of carbonyl (C=O) groups excluding carboxylic acids is 2. The molecule has 1 atom stereocenters. The number of nitrogens with one attached hydrogen (secondary N) is 1. The molecule has 41 heavy (non-hydrogen) atoms. The number of anilines is 1. The van der Waals surface area contributed by atoms with Crippen LogP contribution in [0.5, 0.6) is 5.75 Å². The number of sulfonamides is 1. The first-order chi connectivity index (χ1) is 19.5. The number of nitrogens with zero attached hydrogens (tertiary/aromatic N) is 2. The van der Waals surface area contributed by atoms with E-state index in [0.717, 1.165) is 33.0 Å². The normalized spacial score (nSPS) is 12.0. The molecule has 0 saturated heterocycles. The number of amides is 2. The van der Waals surface area contributed by atoms with E-state index in [1.807, 2.05) is 65.0 Å². The van der Waals surface area contributed by atoms with Gasteiger partial charge in [0.15, 0.2) is 0 Å². The average molecular weight is 580 g/mol. The first-order valence-corrected chi connectivity index (χ1v) is 15.3. The molecule has 220 valence electrons. The second-order valence-electron chi connectivity index (χ2n) is 10.2. The van der Waals surface area contributed by atoms with E-state index in [1.54, 1.807) is 43.5 Å². The summed E-state index contributed by atoms with van der Waals surface area (Å²) in [4.78, 5) is 29.0. The summed E-state index contributed by atoms with van der Waals surface area (Å²) in [5.41, 5.74) is 3.80. The van der Waals surface area contributed by atoms with Gasteiger partial charge in [0.1, 0.15) is 18.3 Å². The second-order valence-corrected chi connectivity index (χ2v) is 12.1. The molecular formula is C32H41N3O5S. The van der Waals surface area contributed by atoms with Crippen LogP contribution in [0.15, 0.2) is 71.6 Å². The lowest BCUT2D eigenvalue weighted by molar-refractivity contribution is -0.140. The lowest BCUT2D eigenvalue weighted by Gasteiger charge is -2.33. The number of ether oxygens (including phenoxy) is 1. The van der Waals surface area contributed by atoms with Crippen LogP contribution in [0.2, 0.25) is 0 Å². The standard InChI is InChI=1S/C32H41N3O5S/c1-7-18-33-32(37)29(8-2)34(21-26-10-9-11-27(20-26)40-6)31(36)22-35(30-17-14-24(4)19-25(30)5)41(38,39)28-15-12-23(3)13-16-28/h9-17,19-20,29H,7-8,18,21-22H2,1-6H3,(H,33,37). The van der Waals surface area contributed by atoms with E-state index in [9.17, 15) is 18.0 Å². The van der Waals surface area contributed by atoms with Crippen LogP contribution in [0.3, 0.4) is 0 Å². The molecule has 3 aromatic rings. The number of benzene rings is 3. The third kappa shape index (κ3) is 7.88. The smallest absolute Gasteiger partial charge is 0.264 e. The molecule has 0 saturated carbocycles. The Morgan fingerprint density at radius 1 is 0.927 bits per heavy atom. The van der Waals surface area contributed by atoms with Gasteiger partial charge in [-0.1, -0.05) is 61.4 Å². The molecule has 0 aliphatic rings. The van der Waals surface area contributed by atoms with Gasteiger partial charge >= 0.3 is 0 Å². The van der Waals surface area contributed by atoms with Crippen LogP contribution in [0.4, 0.5) is 5.69 Å². The first-order valence-electron chi connectivity index (χ1n) is 13.9. The molecule has 8 nitrogen and oxygen atoms in total. The molecule has 0 bridgehead atoms. The summed E-state index contributed by atoms with van der Waals surface area (Å²) >= 11 is 0. The number of hydrogen-bond acceptors (Lipinski definition) is 5. The van der Waals surface area contributed by atoms with Crippen LogP contribution < -0.4 is 14.4 Å². The Bertz CT molecular complexity index is 1450. The van der Waals surface area contributed by atoms with Crippen molar-refractivity contribution in [2.45, 2.75) is 64.9 Å². The molecule has 0 aliphatic heterocycles. The van der Waals surface area contributed by atoms with Crippen molar-refractivity contribution in [1.82, 2.24) is 10.2 Å². The highest BCUT2D eigenvalue weighted by Crippen LogP contribution is 2.29. The summed E-state index contributed by atoms with van der Waals surface area (Å²) in [6.45, 7) is 9.55. The highest BCUT2D eigenvalue weighted by Gasteiger charge is 2.34. The molecule has 1 N–H and O–H groups in total. The molecule has 3 rings (SSSR count). The zero-order valence-electron chi connectivity index (χ0n) is 24.8. The van der Waals surface area contributed by atoms with E-state index in [-0.39, 0.29) is 17.3 Å². The van der Waals surface area contributed by atoms with Gasteiger partial charge in [0.25, 0.3) is 10.0 Å². The van der Waals surface area contributed by atoms with Gasteiger partial charge in [0.05, 0.1) is 17.7 Å².